The minimum Gasteiger partial charge on any atom is -0.494 e. The van der Waals surface area contributed by atoms with Crippen LogP contribution in [0.2, 0.25) is 0 Å². The van der Waals surface area contributed by atoms with Crippen molar-refractivity contribution in [2.24, 2.45) is 0 Å². The van der Waals surface area contributed by atoms with Crippen molar-refractivity contribution in [3.8, 4) is 5.75 Å². The molecule has 0 saturated carbocycles. The number of amides is 2. The van der Waals surface area contributed by atoms with Crippen LogP contribution in [0.15, 0.2) is 48.5 Å². The molecule has 0 aliphatic carbocycles. The zero-order valence-electron chi connectivity index (χ0n) is 17.1. The number of anilines is 2. The molecule has 6 nitrogen and oxygen atoms in total. The molecule has 1 aliphatic rings. The molecule has 1 heterocycles. The Morgan fingerprint density at radius 2 is 1.66 bits per heavy atom. The molecule has 6 heteroatoms. The molecule has 154 valence electrons. The quantitative estimate of drug-likeness (QED) is 0.739. The maximum absolute atomic E-state index is 12.4. The van der Waals surface area contributed by atoms with E-state index >= 15 is 0 Å². The summed E-state index contributed by atoms with van der Waals surface area (Å²) in [5, 5.41) is 5.78. The highest BCUT2D eigenvalue weighted by atomic mass is 16.5. The maximum Gasteiger partial charge on any atom is 0.255 e. The third-order valence-corrected chi connectivity index (χ3v) is 5.14. The summed E-state index contributed by atoms with van der Waals surface area (Å²) in [5.74, 6) is 0.545. The number of carbonyl (C=O) groups is 2. The molecule has 29 heavy (non-hydrogen) atoms. The van der Waals surface area contributed by atoms with Crippen molar-refractivity contribution in [3.63, 3.8) is 0 Å². The van der Waals surface area contributed by atoms with Crippen molar-refractivity contribution in [1.29, 1.82) is 0 Å². The number of likely N-dealkylation sites (tertiary alicyclic amines) is 1. The van der Waals surface area contributed by atoms with Crippen LogP contribution in [-0.4, -0.2) is 42.5 Å². The molecule has 2 aromatic carbocycles. The fourth-order valence-corrected chi connectivity index (χ4v) is 3.49. The van der Waals surface area contributed by atoms with Crippen LogP contribution in [0.4, 0.5) is 11.4 Å². The molecule has 2 amide bonds. The summed E-state index contributed by atoms with van der Waals surface area (Å²) < 4.78 is 5.40. The summed E-state index contributed by atoms with van der Waals surface area (Å²) in [6.45, 7) is 6.08. The standard InChI is InChI=1S/C23H29N3O3/c1-3-29-21-13-11-20(12-14-21)25-23(28)18-7-9-19(10-8-18)24-22(27)16-26-15-5-4-6-17(26)2/h7-14,17H,3-6,15-16H2,1-2H3,(H,24,27)(H,25,28). The topological polar surface area (TPSA) is 70.7 Å². The number of nitrogens with one attached hydrogen (secondary N) is 2. The Kier molecular flexibility index (Phi) is 7.25. The molecule has 2 aromatic rings. The third-order valence-electron chi connectivity index (χ3n) is 5.14. The average molecular weight is 396 g/mol. The second-order valence-corrected chi connectivity index (χ2v) is 7.35. The molecular weight excluding hydrogens is 366 g/mol. The van der Waals surface area contributed by atoms with E-state index in [0.29, 0.717) is 36.1 Å². The largest absolute Gasteiger partial charge is 0.494 e. The van der Waals surface area contributed by atoms with Crippen molar-refractivity contribution < 1.29 is 14.3 Å². The van der Waals surface area contributed by atoms with E-state index in [-0.39, 0.29) is 11.8 Å². The monoisotopic (exact) mass is 395 g/mol. The summed E-state index contributed by atoms with van der Waals surface area (Å²) in [6.07, 6.45) is 3.53. The Labute approximate surface area is 172 Å². The molecule has 1 fully saturated rings. The summed E-state index contributed by atoms with van der Waals surface area (Å²) in [5.41, 5.74) is 1.92. The summed E-state index contributed by atoms with van der Waals surface area (Å²) in [4.78, 5) is 27.0. The van der Waals surface area contributed by atoms with Crippen LogP contribution in [0, 0.1) is 0 Å². The molecule has 3 rings (SSSR count). The zero-order chi connectivity index (χ0) is 20.6. The van der Waals surface area contributed by atoms with Gasteiger partial charge < -0.3 is 15.4 Å². The first-order valence-corrected chi connectivity index (χ1v) is 10.2. The lowest BCUT2D eigenvalue weighted by molar-refractivity contribution is -0.118. The number of benzene rings is 2. The lowest BCUT2D eigenvalue weighted by atomic mass is 10.0. The second-order valence-electron chi connectivity index (χ2n) is 7.35. The Hall–Kier alpha value is -2.86. The molecule has 0 aromatic heterocycles. The predicted octanol–water partition coefficient (Wildman–Crippen LogP) is 4.15. The van der Waals surface area contributed by atoms with E-state index in [1.54, 1.807) is 36.4 Å². The SMILES string of the molecule is CCOc1ccc(NC(=O)c2ccc(NC(=O)CN3CCCCC3C)cc2)cc1. The summed E-state index contributed by atoms with van der Waals surface area (Å²) in [6, 6.07) is 14.6. The van der Waals surface area contributed by atoms with Crippen LogP contribution in [0.5, 0.6) is 5.75 Å². The third kappa shape index (κ3) is 6.06. The van der Waals surface area contributed by atoms with Crippen molar-refractivity contribution in [2.45, 2.75) is 39.2 Å². The fraction of sp³-hybridized carbons (Fsp3) is 0.391. The lowest BCUT2D eigenvalue weighted by Crippen LogP contribution is -2.42. The highest BCUT2D eigenvalue weighted by molar-refractivity contribution is 6.04. The van der Waals surface area contributed by atoms with Gasteiger partial charge in [0.25, 0.3) is 5.91 Å². The average Bonchev–Trinajstić information content (AvgIpc) is 2.72. The van der Waals surface area contributed by atoms with Crippen LogP contribution in [0.3, 0.4) is 0 Å². The van der Waals surface area contributed by atoms with Gasteiger partial charge in [0.1, 0.15) is 5.75 Å². The van der Waals surface area contributed by atoms with Gasteiger partial charge in [-0.3, -0.25) is 14.5 Å². The molecule has 0 bridgehead atoms. The van der Waals surface area contributed by atoms with Crippen LogP contribution in [0.25, 0.3) is 0 Å². The Balaban J connectivity index is 1.52. The van der Waals surface area contributed by atoms with Crippen molar-refractivity contribution in [1.82, 2.24) is 4.90 Å². The molecule has 1 aliphatic heterocycles. The number of rotatable bonds is 7. The minimum absolute atomic E-state index is 0.0228. The lowest BCUT2D eigenvalue weighted by Gasteiger charge is -2.32. The predicted molar refractivity (Wildman–Crippen MR) is 116 cm³/mol. The van der Waals surface area contributed by atoms with Crippen molar-refractivity contribution in [2.75, 3.05) is 30.3 Å². The van der Waals surface area contributed by atoms with Gasteiger partial charge in [-0.15, -0.1) is 0 Å². The van der Waals surface area contributed by atoms with E-state index in [1.165, 1.54) is 6.42 Å². The minimum atomic E-state index is -0.200. The highest BCUT2D eigenvalue weighted by Gasteiger charge is 2.20. The molecule has 1 atom stereocenters. The molecule has 0 spiro atoms. The van der Waals surface area contributed by atoms with E-state index in [2.05, 4.69) is 22.5 Å². The number of nitrogens with zero attached hydrogens (tertiary/aromatic N) is 1. The number of hydrogen-bond donors (Lipinski definition) is 2. The first-order chi connectivity index (χ1) is 14.0. The zero-order valence-corrected chi connectivity index (χ0v) is 17.1. The van der Waals surface area contributed by atoms with E-state index in [4.69, 9.17) is 4.74 Å². The van der Waals surface area contributed by atoms with Gasteiger partial charge >= 0.3 is 0 Å². The van der Waals surface area contributed by atoms with Gasteiger partial charge in [-0.25, -0.2) is 0 Å². The summed E-state index contributed by atoms with van der Waals surface area (Å²) >= 11 is 0. The van der Waals surface area contributed by atoms with Crippen LogP contribution < -0.4 is 15.4 Å². The number of piperidine rings is 1. The highest BCUT2D eigenvalue weighted by Crippen LogP contribution is 2.18. The van der Waals surface area contributed by atoms with Gasteiger partial charge in [-0.1, -0.05) is 6.42 Å². The van der Waals surface area contributed by atoms with E-state index in [1.807, 2.05) is 19.1 Å². The molecule has 1 unspecified atom stereocenters. The van der Waals surface area contributed by atoms with Gasteiger partial charge in [-0.05, 0) is 81.8 Å². The van der Waals surface area contributed by atoms with Gasteiger partial charge in [-0.2, -0.15) is 0 Å². The van der Waals surface area contributed by atoms with Crippen molar-refractivity contribution in [3.05, 3.63) is 54.1 Å². The first kappa shape index (κ1) is 20.9. The van der Waals surface area contributed by atoms with E-state index in [0.717, 1.165) is 25.1 Å². The number of carbonyl (C=O) groups excluding carboxylic acids is 2. The fourth-order valence-electron chi connectivity index (χ4n) is 3.49. The molecule has 2 N–H and O–H groups in total. The molecule has 1 saturated heterocycles. The number of ether oxygens (including phenoxy) is 1. The molecular formula is C23H29N3O3. The van der Waals surface area contributed by atoms with Crippen LogP contribution in [-0.2, 0) is 4.79 Å². The molecule has 0 radical (unpaired) electrons. The maximum atomic E-state index is 12.4. The van der Waals surface area contributed by atoms with Gasteiger partial charge in [0.15, 0.2) is 0 Å². The second kappa shape index (κ2) is 10.1. The van der Waals surface area contributed by atoms with Crippen LogP contribution in [0.1, 0.15) is 43.5 Å². The van der Waals surface area contributed by atoms with E-state index < -0.39 is 0 Å². The first-order valence-electron chi connectivity index (χ1n) is 10.2. The smallest absolute Gasteiger partial charge is 0.255 e. The van der Waals surface area contributed by atoms with Gasteiger partial charge in [0.2, 0.25) is 5.91 Å². The Morgan fingerprint density at radius 3 is 2.31 bits per heavy atom. The Morgan fingerprint density at radius 1 is 1.00 bits per heavy atom. The normalized spacial score (nSPS) is 16.8. The van der Waals surface area contributed by atoms with Crippen LogP contribution >= 0.6 is 0 Å². The van der Waals surface area contributed by atoms with Gasteiger partial charge in [0.05, 0.1) is 13.2 Å². The number of hydrogen-bond acceptors (Lipinski definition) is 4. The van der Waals surface area contributed by atoms with Crippen molar-refractivity contribution >= 4 is 23.2 Å². The Bertz CT molecular complexity index is 818. The summed E-state index contributed by atoms with van der Waals surface area (Å²) in [7, 11) is 0. The van der Waals surface area contributed by atoms with E-state index in [9.17, 15) is 9.59 Å². The van der Waals surface area contributed by atoms with Gasteiger partial charge in [0, 0.05) is 23.0 Å².